The number of Topliss-reactive ketones (excluding diaryl/α,β-unsaturated/α-hetero) is 1. The molecule has 0 radical (unpaired) electrons. The molecule has 0 heterocycles. The van der Waals surface area contributed by atoms with Crippen molar-refractivity contribution in [3.05, 3.63) is 74.8 Å². The number of carbonyl (C=O) groups is 1. The molecule has 2 aromatic rings. The number of benzene rings is 2. The average molecular weight is 385 g/mol. The summed E-state index contributed by atoms with van der Waals surface area (Å²) in [6, 6.07) is 12.2. The third-order valence-corrected chi connectivity index (χ3v) is 4.27. The van der Waals surface area contributed by atoms with E-state index >= 15 is 0 Å². The Morgan fingerprint density at radius 1 is 1.14 bits per heavy atom. The fourth-order valence-corrected chi connectivity index (χ4v) is 2.31. The maximum atomic E-state index is 12.1. The van der Waals surface area contributed by atoms with E-state index in [1.807, 2.05) is 12.1 Å². The summed E-state index contributed by atoms with van der Waals surface area (Å²) in [4.78, 5) is 12.1. The van der Waals surface area contributed by atoms with Gasteiger partial charge in [-0.15, -0.1) is 0 Å². The number of anilines is 1. The first kappa shape index (κ1) is 16.1. The molecule has 0 saturated heterocycles. The van der Waals surface area contributed by atoms with Gasteiger partial charge in [-0.05, 0) is 58.4 Å². The van der Waals surface area contributed by atoms with Gasteiger partial charge in [0, 0.05) is 26.4 Å². The second-order valence-electron chi connectivity index (χ2n) is 4.46. The van der Waals surface area contributed by atoms with Crippen LogP contribution in [0.1, 0.15) is 16.8 Å². The predicted octanol–water partition coefficient (Wildman–Crippen LogP) is 5.95. The first-order valence-electron chi connectivity index (χ1n) is 6.14. The summed E-state index contributed by atoms with van der Waals surface area (Å²) in [6.07, 6.45) is 0.204. The number of allylic oxidation sites excluding steroid dienone is 1. The molecule has 0 bridgehead atoms. The molecule has 0 atom stereocenters. The average Bonchev–Trinajstić information content (AvgIpc) is 2.43. The Hall–Kier alpha value is -1.29. The second-order valence-corrected chi connectivity index (χ2v) is 6.16. The van der Waals surface area contributed by atoms with Crippen LogP contribution >= 0.6 is 39.1 Å². The van der Waals surface area contributed by atoms with Crippen molar-refractivity contribution in [2.45, 2.75) is 6.42 Å². The molecule has 21 heavy (non-hydrogen) atoms. The topological polar surface area (TPSA) is 29.1 Å². The normalized spacial score (nSPS) is 10.2. The van der Waals surface area contributed by atoms with E-state index in [0.29, 0.717) is 21.3 Å². The minimum atomic E-state index is -0.0209. The zero-order chi connectivity index (χ0) is 15.4. The SMILES string of the molecule is C=C(CC(=O)c1ccc(Cl)cc1)Nc1ccc(Br)c(Cl)c1. The highest BCUT2D eigenvalue weighted by molar-refractivity contribution is 9.10. The Morgan fingerprint density at radius 3 is 2.43 bits per heavy atom. The summed E-state index contributed by atoms with van der Waals surface area (Å²) in [6.45, 7) is 3.87. The Bertz CT molecular complexity index is 683. The molecular weight excluding hydrogens is 373 g/mol. The van der Waals surface area contributed by atoms with Gasteiger partial charge in [-0.3, -0.25) is 4.79 Å². The zero-order valence-corrected chi connectivity index (χ0v) is 14.1. The van der Waals surface area contributed by atoms with Gasteiger partial charge in [-0.2, -0.15) is 0 Å². The molecule has 5 heteroatoms. The van der Waals surface area contributed by atoms with Crippen molar-refractivity contribution in [3.63, 3.8) is 0 Å². The van der Waals surface area contributed by atoms with Gasteiger partial charge >= 0.3 is 0 Å². The minimum Gasteiger partial charge on any atom is -0.359 e. The van der Waals surface area contributed by atoms with E-state index < -0.39 is 0 Å². The number of carbonyl (C=O) groups excluding carboxylic acids is 1. The first-order valence-corrected chi connectivity index (χ1v) is 7.69. The Morgan fingerprint density at radius 2 is 1.81 bits per heavy atom. The molecule has 2 rings (SSSR count). The van der Waals surface area contributed by atoms with E-state index in [9.17, 15) is 4.79 Å². The van der Waals surface area contributed by atoms with Crippen LogP contribution in [0.4, 0.5) is 5.69 Å². The van der Waals surface area contributed by atoms with E-state index in [1.165, 1.54) is 0 Å². The quantitative estimate of drug-likeness (QED) is 0.644. The van der Waals surface area contributed by atoms with Gasteiger partial charge in [0.25, 0.3) is 0 Å². The highest BCUT2D eigenvalue weighted by Gasteiger charge is 2.08. The highest BCUT2D eigenvalue weighted by Crippen LogP contribution is 2.26. The summed E-state index contributed by atoms with van der Waals surface area (Å²) in [5, 5.41) is 4.27. The smallest absolute Gasteiger partial charge is 0.168 e. The van der Waals surface area contributed by atoms with E-state index in [2.05, 4.69) is 27.8 Å². The maximum absolute atomic E-state index is 12.1. The lowest BCUT2D eigenvalue weighted by molar-refractivity contribution is 0.0993. The number of ketones is 1. The number of hydrogen-bond acceptors (Lipinski definition) is 2. The monoisotopic (exact) mass is 383 g/mol. The van der Waals surface area contributed by atoms with Crippen molar-refractivity contribution >= 4 is 50.6 Å². The van der Waals surface area contributed by atoms with Crippen molar-refractivity contribution in [1.82, 2.24) is 0 Å². The molecule has 0 saturated carbocycles. The molecule has 0 amide bonds. The highest BCUT2D eigenvalue weighted by atomic mass is 79.9. The van der Waals surface area contributed by atoms with E-state index in [0.717, 1.165) is 10.2 Å². The van der Waals surface area contributed by atoms with Gasteiger partial charge in [-0.25, -0.2) is 0 Å². The maximum Gasteiger partial charge on any atom is 0.168 e. The molecule has 0 spiro atoms. The number of nitrogens with one attached hydrogen (secondary N) is 1. The molecule has 2 nitrogen and oxygen atoms in total. The molecule has 108 valence electrons. The van der Waals surface area contributed by atoms with Crippen LogP contribution in [0.2, 0.25) is 10.0 Å². The van der Waals surface area contributed by atoms with Gasteiger partial charge < -0.3 is 5.32 Å². The van der Waals surface area contributed by atoms with Crippen molar-refractivity contribution in [2.75, 3.05) is 5.32 Å². The van der Waals surface area contributed by atoms with Gasteiger partial charge in [0.2, 0.25) is 0 Å². The third kappa shape index (κ3) is 4.60. The van der Waals surface area contributed by atoms with Gasteiger partial charge in [0.05, 0.1) is 11.4 Å². The first-order chi connectivity index (χ1) is 9.95. The predicted molar refractivity (Wildman–Crippen MR) is 92.3 cm³/mol. The van der Waals surface area contributed by atoms with Crippen LogP contribution in [-0.4, -0.2) is 5.78 Å². The third-order valence-electron chi connectivity index (χ3n) is 2.78. The molecule has 0 unspecified atom stereocenters. The fraction of sp³-hybridized carbons (Fsp3) is 0.0625. The second kappa shape index (κ2) is 7.12. The standard InChI is InChI=1S/C16H12BrCl2NO/c1-10(20-13-6-7-14(17)15(19)9-13)8-16(21)11-2-4-12(18)5-3-11/h2-7,9,20H,1,8H2. The summed E-state index contributed by atoms with van der Waals surface area (Å²) in [5.74, 6) is -0.0209. The van der Waals surface area contributed by atoms with Crippen molar-refractivity contribution in [3.8, 4) is 0 Å². The Labute approximate surface area is 141 Å². The Kier molecular flexibility index (Phi) is 5.45. The van der Waals surface area contributed by atoms with Crippen LogP contribution in [0.3, 0.4) is 0 Å². The van der Waals surface area contributed by atoms with Crippen molar-refractivity contribution in [1.29, 1.82) is 0 Å². The molecular formula is C16H12BrCl2NO. The molecule has 1 N–H and O–H groups in total. The van der Waals surface area contributed by atoms with E-state index in [-0.39, 0.29) is 12.2 Å². The summed E-state index contributed by atoms with van der Waals surface area (Å²) in [5.41, 5.74) is 2.00. The lowest BCUT2D eigenvalue weighted by atomic mass is 10.1. The van der Waals surface area contributed by atoms with Gasteiger partial charge in [-0.1, -0.05) is 29.8 Å². The van der Waals surface area contributed by atoms with Gasteiger partial charge in [0.15, 0.2) is 5.78 Å². The number of rotatable bonds is 5. The lowest BCUT2D eigenvalue weighted by Crippen LogP contribution is -2.06. The van der Waals surface area contributed by atoms with Crippen LogP contribution in [0.15, 0.2) is 59.2 Å². The van der Waals surface area contributed by atoms with Crippen LogP contribution in [0.5, 0.6) is 0 Å². The molecule has 2 aromatic carbocycles. The van der Waals surface area contributed by atoms with Crippen LogP contribution in [-0.2, 0) is 0 Å². The van der Waals surface area contributed by atoms with Crippen LogP contribution in [0, 0.1) is 0 Å². The fourth-order valence-electron chi connectivity index (χ4n) is 1.75. The molecule has 0 aliphatic rings. The lowest BCUT2D eigenvalue weighted by Gasteiger charge is -2.10. The van der Waals surface area contributed by atoms with Crippen LogP contribution < -0.4 is 5.32 Å². The molecule has 0 fully saturated rings. The van der Waals surface area contributed by atoms with E-state index in [1.54, 1.807) is 30.3 Å². The molecule has 0 aromatic heterocycles. The number of halogens is 3. The molecule has 0 aliphatic carbocycles. The van der Waals surface area contributed by atoms with Crippen LogP contribution in [0.25, 0.3) is 0 Å². The van der Waals surface area contributed by atoms with Crippen molar-refractivity contribution < 1.29 is 4.79 Å². The largest absolute Gasteiger partial charge is 0.359 e. The minimum absolute atomic E-state index is 0.0209. The summed E-state index contributed by atoms with van der Waals surface area (Å²) >= 11 is 15.1. The van der Waals surface area contributed by atoms with E-state index in [4.69, 9.17) is 23.2 Å². The van der Waals surface area contributed by atoms with Crippen molar-refractivity contribution in [2.24, 2.45) is 0 Å². The zero-order valence-electron chi connectivity index (χ0n) is 11.0. The summed E-state index contributed by atoms with van der Waals surface area (Å²) < 4.78 is 0.817. The summed E-state index contributed by atoms with van der Waals surface area (Å²) in [7, 11) is 0. The molecule has 0 aliphatic heterocycles. The number of hydrogen-bond donors (Lipinski definition) is 1. The van der Waals surface area contributed by atoms with Gasteiger partial charge in [0.1, 0.15) is 0 Å². The Balaban J connectivity index is 1.99.